The van der Waals surface area contributed by atoms with Crippen LogP contribution in [0.3, 0.4) is 0 Å². The molecule has 1 fully saturated rings. The van der Waals surface area contributed by atoms with Gasteiger partial charge in [0, 0.05) is 24.3 Å². The molecule has 154 valence electrons. The van der Waals surface area contributed by atoms with Crippen LogP contribution in [0.15, 0.2) is 48.5 Å². The van der Waals surface area contributed by atoms with Crippen molar-refractivity contribution in [2.75, 3.05) is 18.4 Å². The van der Waals surface area contributed by atoms with Crippen LogP contribution in [0, 0.1) is 11.7 Å². The summed E-state index contributed by atoms with van der Waals surface area (Å²) in [6.07, 6.45) is 1.16. The molecule has 0 radical (unpaired) electrons. The number of hydrogen-bond donors (Lipinski definition) is 1. The predicted octanol–water partition coefficient (Wildman–Crippen LogP) is 3.21. The zero-order chi connectivity index (χ0) is 21.0. The SMILES string of the molecule is CC(=O)c1cccc(NC(=O)[C@@H]2CCCN(S(=O)(=O)Cc3ccc(F)cc3)C2)c1. The van der Waals surface area contributed by atoms with Crippen LogP contribution in [0.5, 0.6) is 0 Å². The summed E-state index contributed by atoms with van der Waals surface area (Å²) in [6, 6.07) is 12.0. The van der Waals surface area contributed by atoms with E-state index in [1.165, 1.54) is 35.5 Å². The molecule has 3 rings (SSSR count). The van der Waals surface area contributed by atoms with Crippen LogP contribution < -0.4 is 5.32 Å². The highest BCUT2D eigenvalue weighted by molar-refractivity contribution is 7.88. The van der Waals surface area contributed by atoms with Crippen molar-refractivity contribution in [3.8, 4) is 0 Å². The summed E-state index contributed by atoms with van der Waals surface area (Å²) in [5.74, 6) is -1.51. The number of carbonyl (C=O) groups excluding carboxylic acids is 2. The van der Waals surface area contributed by atoms with E-state index >= 15 is 0 Å². The van der Waals surface area contributed by atoms with Gasteiger partial charge < -0.3 is 5.32 Å². The predicted molar refractivity (Wildman–Crippen MR) is 108 cm³/mol. The van der Waals surface area contributed by atoms with E-state index in [0.717, 1.165) is 0 Å². The molecule has 1 aliphatic rings. The lowest BCUT2D eigenvalue weighted by Gasteiger charge is -2.31. The zero-order valence-corrected chi connectivity index (χ0v) is 16.9. The molecule has 1 N–H and O–H groups in total. The van der Waals surface area contributed by atoms with Gasteiger partial charge in [-0.25, -0.2) is 17.1 Å². The quantitative estimate of drug-likeness (QED) is 0.730. The molecule has 0 spiro atoms. The van der Waals surface area contributed by atoms with Crippen molar-refractivity contribution in [3.63, 3.8) is 0 Å². The maximum atomic E-state index is 13.0. The van der Waals surface area contributed by atoms with Crippen LogP contribution >= 0.6 is 0 Å². The van der Waals surface area contributed by atoms with Crippen LogP contribution in [-0.4, -0.2) is 37.5 Å². The lowest BCUT2D eigenvalue weighted by atomic mass is 9.98. The second-order valence-corrected chi connectivity index (χ2v) is 9.17. The minimum Gasteiger partial charge on any atom is -0.326 e. The smallest absolute Gasteiger partial charge is 0.228 e. The fourth-order valence-electron chi connectivity index (χ4n) is 3.35. The van der Waals surface area contributed by atoms with E-state index in [4.69, 9.17) is 0 Å². The van der Waals surface area contributed by atoms with Crippen molar-refractivity contribution in [3.05, 3.63) is 65.5 Å². The summed E-state index contributed by atoms with van der Waals surface area (Å²) in [5, 5.41) is 2.78. The average molecular weight is 418 g/mol. The molecule has 1 amide bonds. The summed E-state index contributed by atoms with van der Waals surface area (Å²) in [7, 11) is -3.62. The Kier molecular flexibility index (Phi) is 6.44. The molecule has 29 heavy (non-hydrogen) atoms. The van der Waals surface area contributed by atoms with Crippen LogP contribution in [0.25, 0.3) is 0 Å². The van der Waals surface area contributed by atoms with E-state index in [9.17, 15) is 22.4 Å². The van der Waals surface area contributed by atoms with Gasteiger partial charge in [0.2, 0.25) is 15.9 Å². The van der Waals surface area contributed by atoms with Gasteiger partial charge in [-0.3, -0.25) is 9.59 Å². The second-order valence-electron chi connectivity index (χ2n) is 7.21. The molecule has 1 atom stereocenters. The molecule has 1 heterocycles. The maximum Gasteiger partial charge on any atom is 0.228 e. The largest absolute Gasteiger partial charge is 0.326 e. The summed E-state index contributed by atoms with van der Waals surface area (Å²) in [4.78, 5) is 24.2. The first kappa shape index (κ1) is 21.1. The number of anilines is 1. The molecule has 0 aromatic heterocycles. The number of ketones is 1. The highest BCUT2D eigenvalue weighted by atomic mass is 32.2. The first-order chi connectivity index (χ1) is 13.7. The monoisotopic (exact) mass is 418 g/mol. The summed E-state index contributed by atoms with van der Waals surface area (Å²) in [5.41, 5.74) is 1.50. The molecule has 1 aliphatic heterocycles. The van der Waals surface area contributed by atoms with Gasteiger partial charge in [0.1, 0.15) is 5.82 Å². The first-order valence-electron chi connectivity index (χ1n) is 9.39. The minimum atomic E-state index is -3.62. The fourth-order valence-corrected chi connectivity index (χ4v) is 4.96. The van der Waals surface area contributed by atoms with Crippen molar-refractivity contribution >= 4 is 27.4 Å². The summed E-state index contributed by atoms with van der Waals surface area (Å²) < 4.78 is 39.9. The molecule has 2 aromatic rings. The Balaban J connectivity index is 1.66. The standard InChI is InChI=1S/C21H23FN2O4S/c1-15(25)17-4-2-6-20(12-17)23-21(26)18-5-3-11-24(13-18)29(27,28)14-16-7-9-19(22)10-8-16/h2,4,6-10,12,18H,3,5,11,13-14H2,1H3,(H,23,26)/t18-/m1/s1. The normalized spacial score (nSPS) is 17.7. The number of nitrogens with zero attached hydrogens (tertiary/aromatic N) is 1. The van der Waals surface area contributed by atoms with Gasteiger partial charge in [0.25, 0.3) is 0 Å². The van der Waals surface area contributed by atoms with E-state index < -0.39 is 21.8 Å². The van der Waals surface area contributed by atoms with E-state index in [1.54, 1.807) is 24.3 Å². The zero-order valence-electron chi connectivity index (χ0n) is 16.1. The Morgan fingerprint density at radius 1 is 1.17 bits per heavy atom. The summed E-state index contributed by atoms with van der Waals surface area (Å²) in [6.45, 7) is 1.90. The second kappa shape index (κ2) is 8.84. The fraction of sp³-hybridized carbons (Fsp3) is 0.333. The average Bonchev–Trinajstić information content (AvgIpc) is 2.70. The topological polar surface area (TPSA) is 83.6 Å². The Hall–Kier alpha value is -2.58. The molecule has 2 aromatic carbocycles. The van der Waals surface area contributed by atoms with Gasteiger partial charge in [-0.05, 0) is 49.6 Å². The van der Waals surface area contributed by atoms with Crippen molar-refractivity contribution in [1.29, 1.82) is 0 Å². The van der Waals surface area contributed by atoms with Gasteiger partial charge in [-0.1, -0.05) is 24.3 Å². The first-order valence-corrected chi connectivity index (χ1v) is 11.0. The molecule has 0 aliphatic carbocycles. The van der Waals surface area contributed by atoms with E-state index in [2.05, 4.69) is 5.32 Å². The van der Waals surface area contributed by atoms with Crippen molar-refractivity contribution in [2.45, 2.75) is 25.5 Å². The Labute approximate surface area is 169 Å². The van der Waals surface area contributed by atoms with Crippen LogP contribution in [-0.2, 0) is 20.6 Å². The number of hydrogen-bond acceptors (Lipinski definition) is 4. The molecular formula is C21H23FN2O4S. The lowest BCUT2D eigenvalue weighted by Crippen LogP contribution is -2.44. The number of amides is 1. The molecule has 6 nitrogen and oxygen atoms in total. The number of sulfonamides is 1. The molecule has 8 heteroatoms. The number of Topliss-reactive ketones (excluding diaryl/α,β-unsaturated/α-hetero) is 1. The van der Waals surface area contributed by atoms with Crippen LogP contribution in [0.1, 0.15) is 35.7 Å². The molecular weight excluding hydrogens is 395 g/mol. The van der Waals surface area contributed by atoms with E-state index in [-0.39, 0.29) is 24.0 Å². The van der Waals surface area contributed by atoms with E-state index in [0.29, 0.717) is 36.2 Å². The van der Waals surface area contributed by atoms with Crippen molar-refractivity contribution < 1.29 is 22.4 Å². The van der Waals surface area contributed by atoms with E-state index in [1.807, 2.05) is 0 Å². The van der Waals surface area contributed by atoms with Gasteiger partial charge in [0.15, 0.2) is 5.78 Å². The minimum absolute atomic E-state index is 0.0990. The highest BCUT2D eigenvalue weighted by Gasteiger charge is 2.32. The Morgan fingerprint density at radius 3 is 2.59 bits per heavy atom. The number of nitrogens with one attached hydrogen (secondary N) is 1. The summed E-state index contributed by atoms with van der Waals surface area (Å²) >= 11 is 0. The van der Waals surface area contributed by atoms with Gasteiger partial charge >= 0.3 is 0 Å². The third-order valence-corrected chi connectivity index (χ3v) is 6.76. The maximum absolute atomic E-state index is 13.0. The third kappa shape index (κ3) is 5.48. The molecule has 0 bridgehead atoms. The van der Waals surface area contributed by atoms with Crippen molar-refractivity contribution in [1.82, 2.24) is 4.31 Å². The lowest BCUT2D eigenvalue weighted by molar-refractivity contribution is -0.120. The molecule has 1 saturated heterocycles. The number of carbonyl (C=O) groups is 2. The van der Waals surface area contributed by atoms with Gasteiger partial charge in [-0.15, -0.1) is 0 Å². The number of benzene rings is 2. The third-order valence-electron chi connectivity index (χ3n) is 4.95. The highest BCUT2D eigenvalue weighted by Crippen LogP contribution is 2.23. The number of rotatable bonds is 6. The van der Waals surface area contributed by atoms with Gasteiger partial charge in [-0.2, -0.15) is 0 Å². The number of piperidine rings is 1. The number of halogens is 1. The Morgan fingerprint density at radius 2 is 1.90 bits per heavy atom. The molecule has 0 unspecified atom stereocenters. The van der Waals surface area contributed by atoms with Crippen molar-refractivity contribution in [2.24, 2.45) is 5.92 Å². The Bertz CT molecular complexity index is 1010. The van der Waals surface area contributed by atoms with Crippen LogP contribution in [0.2, 0.25) is 0 Å². The molecule has 0 saturated carbocycles. The van der Waals surface area contributed by atoms with Gasteiger partial charge in [0.05, 0.1) is 11.7 Å². The van der Waals surface area contributed by atoms with Crippen LogP contribution in [0.4, 0.5) is 10.1 Å².